The number of nitrogens with one attached hydrogen (secondary N) is 2. The quantitative estimate of drug-likeness (QED) is 0.228. The molecule has 0 unspecified atom stereocenters. The number of nitrogens with zero attached hydrogens (tertiary/aromatic N) is 3. The van der Waals surface area contributed by atoms with Crippen molar-refractivity contribution >= 4 is 12.2 Å². The maximum atomic E-state index is 13.5. The largest absolute Gasteiger partial charge is 0.488 e. The van der Waals surface area contributed by atoms with E-state index in [1.807, 2.05) is 31.2 Å². The number of anilines is 1. The number of hydrogen-bond donors (Lipinski definition) is 3. The van der Waals surface area contributed by atoms with Crippen molar-refractivity contribution in [1.82, 2.24) is 20.6 Å². The third-order valence-corrected chi connectivity index (χ3v) is 8.15. The number of pyridine rings is 2. The van der Waals surface area contributed by atoms with Crippen LogP contribution in [0, 0.1) is 11.2 Å². The molecule has 236 valence electrons. The Kier molecular flexibility index (Phi) is 9.54. The number of rotatable bonds is 9. The van der Waals surface area contributed by atoms with Crippen LogP contribution in [0.2, 0.25) is 0 Å². The molecular weight excluding hydrogens is 582 g/mol. The molecule has 1 aromatic carbocycles. The van der Waals surface area contributed by atoms with Crippen LogP contribution in [0.1, 0.15) is 37.4 Å². The van der Waals surface area contributed by atoms with Gasteiger partial charge in [-0.15, -0.1) is 0 Å². The van der Waals surface area contributed by atoms with Crippen molar-refractivity contribution in [3.05, 3.63) is 65.7 Å². The molecule has 4 heterocycles. The molecule has 13 heteroatoms. The van der Waals surface area contributed by atoms with E-state index in [2.05, 4.69) is 15.6 Å². The van der Waals surface area contributed by atoms with Gasteiger partial charge in [-0.3, -0.25) is 4.79 Å². The summed E-state index contributed by atoms with van der Waals surface area (Å²) in [4.78, 5) is 19.3. The number of ether oxygens (including phenoxy) is 2. The topological polar surface area (TPSA) is 109 Å². The standard InChI is InChI=1S/C30H33F4N5O2.CH2O2/c1-2-40-28-22(4-3-10-36-28)24-6-8-27(25(38-24)16-37-20-9-11-35-15-20)41-21-13-29(14-21)17-39(18-29)26-7-5-19(31)12-23(26)30(32,33)34;2-1-3/h3-8,10,12,20-21,35,37H,2,9,11,13-18H2,1H3;1H,(H,2,3)/t20-;/m1./s1. The van der Waals surface area contributed by atoms with E-state index in [1.165, 1.54) is 6.07 Å². The van der Waals surface area contributed by atoms with E-state index < -0.39 is 17.6 Å². The number of carbonyl (C=O) groups is 1. The monoisotopic (exact) mass is 617 g/mol. The fraction of sp³-hybridized carbons (Fsp3) is 0.452. The minimum Gasteiger partial charge on any atom is -0.488 e. The van der Waals surface area contributed by atoms with Gasteiger partial charge in [0.15, 0.2) is 0 Å². The predicted octanol–water partition coefficient (Wildman–Crippen LogP) is 4.90. The van der Waals surface area contributed by atoms with Crippen molar-refractivity contribution in [3.8, 4) is 22.9 Å². The lowest BCUT2D eigenvalue weighted by Crippen LogP contribution is -2.65. The third kappa shape index (κ3) is 7.05. The Morgan fingerprint density at radius 3 is 2.66 bits per heavy atom. The maximum Gasteiger partial charge on any atom is 0.418 e. The number of benzene rings is 1. The SMILES string of the molecule is CCOc1ncccc1-c1ccc(OC2CC3(C2)CN(c2ccc(F)cc2C(F)(F)F)C3)c(CN[C@@H]2CCNC2)n1.O=CO. The fourth-order valence-electron chi connectivity index (χ4n) is 6.15. The van der Waals surface area contributed by atoms with Crippen molar-refractivity contribution in [2.45, 2.75) is 51.1 Å². The zero-order valence-electron chi connectivity index (χ0n) is 24.2. The van der Waals surface area contributed by atoms with Crippen LogP contribution < -0.4 is 25.0 Å². The lowest BCUT2D eigenvalue weighted by molar-refractivity contribution is -0.137. The molecule has 2 saturated heterocycles. The Morgan fingerprint density at radius 2 is 1.98 bits per heavy atom. The minimum absolute atomic E-state index is 0.0327. The second-order valence-corrected chi connectivity index (χ2v) is 11.3. The lowest BCUT2D eigenvalue weighted by atomic mass is 9.61. The van der Waals surface area contributed by atoms with Gasteiger partial charge in [-0.2, -0.15) is 13.2 Å². The van der Waals surface area contributed by atoms with Crippen molar-refractivity contribution in [2.24, 2.45) is 5.41 Å². The third-order valence-electron chi connectivity index (χ3n) is 8.15. The summed E-state index contributed by atoms with van der Waals surface area (Å²) in [6, 6.07) is 10.9. The van der Waals surface area contributed by atoms with Crippen molar-refractivity contribution in [1.29, 1.82) is 0 Å². The van der Waals surface area contributed by atoms with Crippen molar-refractivity contribution < 1.29 is 36.9 Å². The van der Waals surface area contributed by atoms with Gasteiger partial charge in [0.05, 0.1) is 29.1 Å². The molecule has 0 radical (unpaired) electrons. The first kappa shape index (κ1) is 31.5. The molecule has 0 amide bonds. The molecule has 6 rings (SSSR count). The van der Waals surface area contributed by atoms with Crippen LogP contribution in [-0.2, 0) is 17.5 Å². The Labute approximate surface area is 252 Å². The van der Waals surface area contributed by atoms with Gasteiger partial charge < -0.3 is 30.1 Å². The minimum atomic E-state index is -4.61. The summed E-state index contributed by atoms with van der Waals surface area (Å²) in [6.45, 7) is 5.55. The average molecular weight is 618 g/mol. The first-order chi connectivity index (χ1) is 21.1. The molecule has 44 heavy (non-hydrogen) atoms. The van der Waals surface area contributed by atoms with Crippen LogP contribution in [0.15, 0.2) is 48.7 Å². The summed E-state index contributed by atoms with van der Waals surface area (Å²) >= 11 is 0. The van der Waals surface area contributed by atoms with Crippen LogP contribution >= 0.6 is 0 Å². The lowest BCUT2D eigenvalue weighted by Gasteiger charge is -2.59. The van der Waals surface area contributed by atoms with Crippen LogP contribution in [-0.4, -0.2) is 66.5 Å². The number of aromatic nitrogens is 2. The van der Waals surface area contributed by atoms with E-state index in [0.29, 0.717) is 50.0 Å². The van der Waals surface area contributed by atoms with E-state index in [-0.39, 0.29) is 23.7 Å². The molecule has 1 spiro atoms. The van der Waals surface area contributed by atoms with E-state index in [0.717, 1.165) is 55.4 Å². The first-order valence-corrected chi connectivity index (χ1v) is 14.5. The molecule has 1 atom stereocenters. The van der Waals surface area contributed by atoms with Gasteiger partial charge in [0.25, 0.3) is 6.47 Å². The highest BCUT2D eigenvalue weighted by Gasteiger charge is 2.54. The highest BCUT2D eigenvalue weighted by Crippen LogP contribution is 2.52. The normalized spacial score (nSPS) is 19.0. The molecular formula is C31H35F4N5O4. The number of halogens is 4. The molecule has 1 aliphatic carbocycles. The summed E-state index contributed by atoms with van der Waals surface area (Å²) in [5.41, 5.74) is 1.35. The second kappa shape index (κ2) is 13.3. The van der Waals surface area contributed by atoms with Crippen molar-refractivity contribution in [2.75, 3.05) is 37.7 Å². The summed E-state index contributed by atoms with van der Waals surface area (Å²) < 4.78 is 66.2. The second-order valence-electron chi connectivity index (χ2n) is 11.3. The molecule has 3 fully saturated rings. The maximum absolute atomic E-state index is 13.5. The van der Waals surface area contributed by atoms with Crippen LogP contribution in [0.25, 0.3) is 11.3 Å². The smallest absolute Gasteiger partial charge is 0.418 e. The predicted molar refractivity (Wildman–Crippen MR) is 155 cm³/mol. The van der Waals surface area contributed by atoms with Crippen LogP contribution in [0.4, 0.5) is 23.2 Å². The van der Waals surface area contributed by atoms with Gasteiger partial charge in [-0.25, -0.2) is 14.4 Å². The van der Waals surface area contributed by atoms with Crippen molar-refractivity contribution in [3.63, 3.8) is 0 Å². The first-order valence-electron chi connectivity index (χ1n) is 14.5. The zero-order chi connectivity index (χ0) is 31.3. The van der Waals surface area contributed by atoms with Gasteiger partial charge in [0.2, 0.25) is 5.88 Å². The summed E-state index contributed by atoms with van der Waals surface area (Å²) in [7, 11) is 0. The summed E-state index contributed by atoms with van der Waals surface area (Å²) in [5, 5.41) is 13.8. The van der Waals surface area contributed by atoms with Gasteiger partial charge in [0, 0.05) is 49.5 Å². The van der Waals surface area contributed by atoms with Gasteiger partial charge in [-0.05, 0) is 75.2 Å². The van der Waals surface area contributed by atoms with Crippen LogP contribution in [0.3, 0.4) is 0 Å². The molecule has 3 N–H and O–H groups in total. The van der Waals surface area contributed by atoms with Gasteiger partial charge in [-0.1, -0.05) is 0 Å². The van der Waals surface area contributed by atoms with Gasteiger partial charge in [0.1, 0.15) is 17.7 Å². The summed E-state index contributed by atoms with van der Waals surface area (Å²) in [6.07, 6.45) is -0.449. The van der Waals surface area contributed by atoms with E-state index >= 15 is 0 Å². The molecule has 3 aromatic rings. The Balaban J connectivity index is 0.00000123. The highest BCUT2D eigenvalue weighted by atomic mass is 19.4. The molecule has 0 bridgehead atoms. The number of alkyl halides is 3. The Bertz CT molecular complexity index is 1440. The van der Waals surface area contributed by atoms with E-state index in [9.17, 15) is 17.6 Å². The molecule has 2 aromatic heterocycles. The zero-order valence-corrected chi connectivity index (χ0v) is 24.2. The van der Waals surface area contributed by atoms with Gasteiger partial charge >= 0.3 is 6.18 Å². The Morgan fingerprint density at radius 1 is 1.20 bits per heavy atom. The Hall–Kier alpha value is -3.97. The molecule has 3 aliphatic rings. The number of carboxylic acid groups (broad SMARTS) is 1. The van der Waals surface area contributed by atoms with E-state index in [4.69, 9.17) is 24.4 Å². The fourth-order valence-corrected chi connectivity index (χ4v) is 6.15. The highest BCUT2D eigenvalue weighted by molar-refractivity contribution is 5.65. The molecule has 9 nitrogen and oxygen atoms in total. The molecule has 1 saturated carbocycles. The number of hydrogen-bond acceptors (Lipinski definition) is 8. The van der Waals surface area contributed by atoms with Crippen LogP contribution in [0.5, 0.6) is 11.6 Å². The molecule has 2 aliphatic heterocycles. The summed E-state index contributed by atoms with van der Waals surface area (Å²) in [5.74, 6) is 0.337. The van der Waals surface area contributed by atoms with E-state index in [1.54, 1.807) is 11.1 Å². The average Bonchev–Trinajstić information content (AvgIpc) is 3.47.